The number of aryl methyl sites for hydroxylation is 1. The molecule has 3 heterocycles. The van der Waals surface area contributed by atoms with Crippen LogP contribution in [0.2, 0.25) is 0 Å². The average molecular weight is 374 g/mol. The Kier molecular flexibility index (Phi) is 5.04. The molecule has 4 rings (SSSR count). The van der Waals surface area contributed by atoms with Crippen LogP contribution in [0.15, 0.2) is 12.4 Å². The fourth-order valence-corrected chi connectivity index (χ4v) is 4.45. The van der Waals surface area contributed by atoms with E-state index in [0.717, 1.165) is 41.3 Å². The quantitative estimate of drug-likeness (QED) is 0.770. The molecule has 0 radical (unpaired) electrons. The molecule has 0 bridgehead atoms. The van der Waals surface area contributed by atoms with Gasteiger partial charge in [0.2, 0.25) is 0 Å². The molecule has 26 heavy (non-hydrogen) atoms. The summed E-state index contributed by atoms with van der Waals surface area (Å²) in [7, 11) is 4.06. The number of likely N-dealkylation sites (tertiary alicyclic amines) is 1. The van der Waals surface area contributed by atoms with Gasteiger partial charge in [-0.3, -0.25) is 4.90 Å². The second-order valence-corrected chi connectivity index (χ2v) is 8.76. The van der Waals surface area contributed by atoms with Crippen molar-refractivity contribution in [3.63, 3.8) is 0 Å². The summed E-state index contributed by atoms with van der Waals surface area (Å²) in [4.78, 5) is 16.1. The van der Waals surface area contributed by atoms with Gasteiger partial charge >= 0.3 is 0 Å². The summed E-state index contributed by atoms with van der Waals surface area (Å²) >= 11 is 1.71. The molecule has 1 aliphatic carbocycles. The first-order chi connectivity index (χ1) is 12.6. The number of anilines is 2. The molecule has 0 unspecified atom stereocenters. The monoisotopic (exact) mass is 373 g/mol. The van der Waals surface area contributed by atoms with Crippen LogP contribution < -0.4 is 9.80 Å². The smallest absolute Gasteiger partial charge is 0.134 e. The van der Waals surface area contributed by atoms with E-state index < -0.39 is 0 Å². The van der Waals surface area contributed by atoms with Gasteiger partial charge in [0.05, 0.1) is 6.54 Å². The van der Waals surface area contributed by atoms with Gasteiger partial charge in [0.15, 0.2) is 0 Å². The zero-order chi connectivity index (χ0) is 18.1. The standard InChI is InChI=1S/C18H27N7S/c1-13-21-22-18(26-13)11-24-8-6-15(7-9-24)25(14-4-5-14)17-10-16(23(2)3)19-12-20-17/h10,12,14-15H,4-9,11H2,1-3H3. The zero-order valence-electron chi connectivity index (χ0n) is 15.8. The molecule has 0 spiro atoms. The Morgan fingerprint density at radius 1 is 1.04 bits per heavy atom. The number of hydrogen-bond acceptors (Lipinski definition) is 8. The van der Waals surface area contributed by atoms with Crippen molar-refractivity contribution < 1.29 is 0 Å². The van der Waals surface area contributed by atoms with E-state index in [0.29, 0.717) is 12.1 Å². The van der Waals surface area contributed by atoms with E-state index in [1.165, 1.54) is 25.7 Å². The van der Waals surface area contributed by atoms with Crippen LogP contribution in [-0.2, 0) is 6.54 Å². The van der Waals surface area contributed by atoms with Crippen LogP contribution in [-0.4, -0.2) is 64.3 Å². The fraction of sp³-hybridized carbons (Fsp3) is 0.667. The molecule has 1 saturated heterocycles. The van der Waals surface area contributed by atoms with E-state index in [4.69, 9.17) is 0 Å². The highest BCUT2D eigenvalue weighted by atomic mass is 32.1. The summed E-state index contributed by atoms with van der Waals surface area (Å²) < 4.78 is 0. The Morgan fingerprint density at radius 3 is 2.35 bits per heavy atom. The van der Waals surface area contributed by atoms with E-state index >= 15 is 0 Å². The van der Waals surface area contributed by atoms with Gasteiger partial charge in [0.1, 0.15) is 28.0 Å². The summed E-state index contributed by atoms with van der Waals surface area (Å²) in [6.45, 7) is 5.17. The number of rotatable bonds is 6. The van der Waals surface area contributed by atoms with Crippen LogP contribution in [0.25, 0.3) is 0 Å². The molecule has 0 N–H and O–H groups in total. The first-order valence-electron chi connectivity index (χ1n) is 9.39. The molecule has 2 fully saturated rings. The minimum absolute atomic E-state index is 0.569. The molecule has 2 aromatic heterocycles. The summed E-state index contributed by atoms with van der Waals surface area (Å²) in [5.41, 5.74) is 0. The van der Waals surface area contributed by atoms with Gasteiger partial charge in [-0.15, -0.1) is 21.5 Å². The highest BCUT2D eigenvalue weighted by Crippen LogP contribution is 2.36. The molecule has 7 nitrogen and oxygen atoms in total. The van der Waals surface area contributed by atoms with E-state index in [1.54, 1.807) is 17.7 Å². The summed E-state index contributed by atoms with van der Waals surface area (Å²) in [5.74, 6) is 2.06. The van der Waals surface area contributed by atoms with Gasteiger partial charge in [-0.2, -0.15) is 0 Å². The number of aromatic nitrogens is 4. The molecule has 0 amide bonds. The van der Waals surface area contributed by atoms with Crippen LogP contribution in [0.5, 0.6) is 0 Å². The van der Waals surface area contributed by atoms with Crippen LogP contribution in [0.4, 0.5) is 11.6 Å². The highest BCUT2D eigenvalue weighted by molar-refractivity contribution is 7.11. The van der Waals surface area contributed by atoms with E-state index in [-0.39, 0.29) is 0 Å². The van der Waals surface area contributed by atoms with Crippen LogP contribution >= 0.6 is 11.3 Å². The lowest BCUT2D eigenvalue weighted by atomic mass is 10.0. The molecule has 0 atom stereocenters. The van der Waals surface area contributed by atoms with E-state index in [1.807, 2.05) is 25.9 Å². The van der Waals surface area contributed by atoms with E-state index in [9.17, 15) is 0 Å². The molecule has 140 valence electrons. The third kappa shape index (κ3) is 3.96. The largest absolute Gasteiger partial charge is 0.363 e. The lowest BCUT2D eigenvalue weighted by Gasteiger charge is -2.39. The Hall–Kier alpha value is -1.80. The minimum atomic E-state index is 0.569. The van der Waals surface area contributed by atoms with Crippen molar-refractivity contribution in [3.05, 3.63) is 22.4 Å². The molecule has 8 heteroatoms. The van der Waals surface area contributed by atoms with Crippen molar-refractivity contribution in [1.29, 1.82) is 0 Å². The molecule has 2 aliphatic rings. The maximum Gasteiger partial charge on any atom is 0.134 e. The van der Waals surface area contributed by atoms with Crippen molar-refractivity contribution in [2.45, 2.75) is 51.2 Å². The van der Waals surface area contributed by atoms with E-state index in [2.05, 4.69) is 36.0 Å². The van der Waals surface area contributed by atoms with Gasteiger partial charge in [0, 0.05) is 45.3 Å². The number of piperidine rings is 1. The molecular weight excluding hydrogens is 346 g/mol. The topological polar surface area (TPSA) is 61.3 Å². The molecule has 0 aromatic carbocycles. The zero-order valence-corrected chi connectivity index (χ0v) is 16.6. The van der Waals surface area contributed by atoms with Gasteiger partial charge < -0.3 is 9.80 Å². The first-order valence-corrected chi connectivity index (χ1v) is 10.2. The Morgan fingerprint density at radius 2 is 1.73 bits per heavy atom. The Bertz CT molecular complexity index is 735. The van der Waals surface area contributed by atoms with Gasteiger partial charge in [0.25, 0.3) is 0 Å². The normalized spacial score (nSPS) is 18.9. The van der Waals surface area contributed by atoms with Gasteiger partial charge in [-0.25, -0.2) is 9.97 Å². The highest BCUT2D eigenvalue weighted by Gasteiger charge is 2.36. The summed E-state index contributed by atoms with van der Waals surface area (Å²) in [6, 6.07) is 3.36. The van der Waals surface area contributed by atoms with Crippen LogP contribution in [0.1, 0.15) is 35.7 Å². The second-order valence-electron chi connectivity index (χ2n) is 7.49. The summed E-state index contributed by atoms with van der Waals surface area (Å²) in [5, 5.41) is 10.6. The van der Waals surface area contributed by atoms with Gasteiger partial charge in [-0.05, 0) is 32.6 Å². The third-order valence-electron chi connectivity index (χ3n) is 5.18. The minimum Gasteiger partial charge on any atom is -0.363 e. The first kappa shape index (κ1) is 17.6. The number of nitrogens with zero attached hydrogens (tertiary/aromatic N) is 7. The van der Waals surface area contributed by atoms with Crippen molar-refractivity contribution in [3.8, 4) is 0 Å². The molecule has 2 aromatic rings. The van der Waals surface area contributed by atoms with Crippen molar-refractivity contribution in [1.82, 2.24) is 25.1 Å². The van der Waals surface area contributed by atoms with Crippen LogP contribution in [0.3, 0.4) is 0 Å². The molecular formula is C18H27N7S. The maximum atomic E-state index is 4.61. The predicted molar refractivity (Wildman–Crippen MR) is 105 cm³/mol. The average Bonchev–Trinajstić information content (AvgIpc) is 3.39. The fourth-order valence-electron chi connectivity index (χ4n) is 3.70. The van der Waals surface area contributed by atoms with Crippen molar-refractivity contribution in [2.75, 3.05) is 37.0 Å². The Balaban J connectivity index is 1.42. The number of hydrogen-bond donors (Lipinski definition) is 0. The lowest BCUT2D eigenvalue weighted by molar-refractivity contribution is 0.200. The predicted octanol–water partition coefficient (Wildman–Crippen LogP) is 2.34. The Labute approximate surface area is 159 Å². The van der Waals surface area contributed by atoms with Gasteiger partial charge in [-0.1, -0.05) is 0 Å². The SMILES string of the molecule is Cc1nnc(CN2CCC(N(c3cc(N(C)C)ncn3)C3CC3)CC2)s1. The van der Waals surface area contributed by atoms with Crippen molar-refractivity contribution >= 4 is 23.0 Å². The maximum absolute atomic E-state index is 4.61. The van der Waals surface area contributed by atoms with Crippen molar-refractivity contribution in [2.24, 2.45) is 0 Å². The molecule has 1 saturated carbocycles. The van der Waals surface area contributed by atoms with Crippen LogP contribution in [0, 0.1) is 6.92 Å². The third-order valence-corrected chi connectivity index (χ3v) is 6.00. The molecule has 1 aliphatic heterocycles. The lowest BCUT2D eigenvalue weighted by Crippen LogP contribution is -2.46. The second kappa shape index (κ2) is 7.44. The summed E-state index contributed by atoms with van der Waals surface area (Å²) in [6.07, 6.45) is 6.62.